The first kappa shape index (κ1) is 14.0. The first-order valence-corrected chi connectivity index (χ1v) is 7.33. The molecule has 0 bridgehead atoms. The molecule has 0 aromatic heterocycles. The van der Waals surface area contributed by atoms with Gasteiger partial charge in [0.25, 0.3) is 0 Å². The predicted octanol–water partition coefficient (Wildman–Crippen LogP) is 0.551. The van der Waals surface area contributed by atoms with Crippen molar-refractivity contribution >= 4 is 16.0 Å². The second-order valence-corrected chi connectivity index (χ2v) is 6.23. The summed E-state index contributed by atoms with van der Waals surface area (Å²) in [6, 6.07) is 8.17. The maximum Gasteiger partial charge on any atom is 0.329 e. The molecule has 1 fully saturated rings. The molecule has 19 heavy (non-hydrogen) atoms. The zero-order valence-electron chi connectivity index (χ0n) is 10.2. The average Bonchev–Trinajstić information content (AvgIpc) is 2.87. The van der Waals surface area contributed by atoms with Gasteiger partial charge >= 0.3 is 5.97 Å². The predicted molar refractivity (Wildman–Crippen MR) is 67.2 cm³/mol. The van der Waals surface area contributed by atoms with Gasteiger partial charge in [0.05, 0.1) is 11.0 Å². The zero-order chi connectivity index (χ0) is 13.9. The molecule has 0 radical (unpaired) electrons. The molecule has 0 aliphatic carbocycles. The number of carboxylic acids is 1. The lowest BCUT2D eigenvalue weighted by atomic mass is 10.3. The van der Waals surface area contributed by atoms with Crippen molar-refractivity contribution in [3.05, 3.63) is 30.3 Å². The maximum absolute atomic E-state index is 12.3. The van der Waals surface area contributed by atoms with Crippen molar-refractivity contribution in [3.8, 4) is 0 Å². The van der Waals surface area contributed by atoms with Gasteiger partial charge in [-0.15, -0.1) is 0 Å². The maximum atomic E-state index is 12.3. The number of nitrogens with zero attached hydrogens (tertiary/aromatic N) is 1. The Bertz CT molecular complexity index is 542. The van der Waals surface area contributed by atoms with Crippen molar-refractivity contribution in [1.29, 1.82) is 0 Å². The lowest BCUT2D eigenvalue weighted by Crippen LogP contribution is -2.30. The number of carbonyl (C=O) groups is 1. The Hall–Kier alpha value is -1.44. The summed E-state index contributed by atoms with van der Waals surface area (Å²) in [5.41, 5.74) is 0. The van der Waals surface area contributed by atoms with Crippen molar-refractivity contribution in [2.45, 2.75) is 17.4 Å². The van der Waals surface area contributed by atoms with Gasteiger partial charge in [-0.1, -0.05) is 18.2 Å². The molecule has 1 aliphatic rings. The van der Waals surface area contributed by atoms with Gasteiger partial charge in [-0.05, 0) is 18.6 Å². The van der Waals surface area contributed by atoms with Gasteiger partial charge in [0, 0.05) is 13.1 Å². The molecule has 1 unspecified atom stereocenters. The highest BCUT2D eigenvalue weighted by Gasteiger charge is 2.33. The van der Waals surface area contributed by atoms with Crippen LogP contribution < -0.4 is 0 Å². The molecular weight excluding hydrogens is 270 g/mol. The third-order valence-corrected chi connectivity index (χ3v) is 4.81. The smallest absolute Gasteiger partial charge is 0.329 e. The summed E-state index contributed by atoms with van der Waals surface area (Å²) in [5.74, 6) is -1.05. The number of hydrogen-bond acceptors (Lipinski definition) is 4. The van der Waals surface area contributed by atoms with E-state index < -0.39 is 22.6 Å². The van der Waals surface area contributed by atoms with Gasteiger partial charge in [0.2, 0.25) is 10.0 Å². The summed E-state index contributed by atoms with van der Waals surface area (Å²) >= 11 is 0. The number of ether oxygens (including phenoxy) is 1. The molecule has 0 spiro atoms. The van der Waals surface area contributed by atoms with Crippen LogP contribution in [0.4, 0.5) is 0 Å². The number of sulfonamides is 1. The number of hydrogen-bond donors (Lipinski definition) is 1. The summed E-state index contributed by atoms with van der Waals surface area (Å²) in [7, 11) is -3.50. The standard InChI is InChI=1S/C12H15NO5S/c14-12(15)9-18-10-6-7-13(8-10)19(16,17)11-4-2-1-3-5-11/h1-5,10H,6-9H2,(H,14,15). The minimum absolute atomic E-state index is 0.199. The van der Waals surface area contributed by atoms with E-state index in [-0.39, 0.29) is 17.5 Å². The summed E-state index contributed by atoms with van der Waals surface area (Å²) in [4.78, 5) is 10.6. The van der Waals surface area contributed by atoms with Crippen molar-refractivity contribution in [1.82, 2.24) is 4.31 Å². The molecule has 1 aliphatic heterocycles. The van der Waals surface area contributed by atoms with Gasteiger partial charge in [0.1, 0.15) is 6.61 Å². The number of rotatable bonds is 5. The Balaban J connectivity index is 2.02. The molecule has 0 amide bonds. The topological polar surface area (TPSA) is 83.9 Å². The monoisotopic (exact) mass is 285 g/mol. The Morgan fingerprint density at radius 1 is 1.37 bits per heavy atom. The molecule has 7 heteroatoms. The molecule has 6 nitrogen and oxygen atoms in total. The molecule has 104 valence electrons. The van der Waals surface area contributed by atoms with Gasteiger partial charge in [-0.3, -0.25) is 0 Å². The van der Waals surface area contributed by atoms with E-state index in [2.05, 4.69) is 0 Å². The van der Waals surface area contributed by atoms with Gasteiger partial charge in [-0.25, -0.2) is 13.2 Å². The average molecular weight is 285 g/mol. The van der Waals surface area contributed by atoms with Crippen LogP contribution in [0, 0.1) is 0 Å². The first-order valence-electron chi connectivity index (χ1n) is 5.89. The summed E-state index contributed by atoms with van der Waals surface area (Å²) in [6.45, 7) is 0.149. The minimum atomic E-state index is -3.50. The SMILES string of the molecule is O=C(O)COC1CCN(S(=O)(=O)c2ccccc2)C1. The Kier molecular flexibility index (Phi) is 4.18. The number of benzene rings is 1. The van der Waals surface area contributed by atoms with E-state index in [0.717, 1.165) is 0 Å². The zero-order valence-corrected chi connectivity index (χ0v) is 11.0. The highest BCUT2D eigenvalue weighted by atomic mass is 32.2. The molecular formula is C12H15NO5S. The van der Waals surface area contributed by atoms with Crippen LogP contribution in [-0.2, 0) is 19.6 Å². The quantitative estimate of drug-likeness (QED) is 0.854. The molecule has 1 atom stereocenters. The molecule has 2 rings (SSSR count). The number of aliphatic carboxylic acids is 1. The molecule has 1 aromatic rings. The summed E-state index contributed by atoms with van der Waals surface area (Å²) in [5, 5.41) is 8.52. The minimum Gasteiger partial charge on any atom is -0.480 e. The third kappa shape index (κ3) is 3.31. The molecule has 1 aromatic carbocycles. The largest absolute Gasteiger partial charge is 0.480 e. The van der Waals surface area contributed by atoms with Crippen LogP contribution in [0.3, 0.4) is 0 Å². The van der Waals surface area contributed by atoms with Crippen molar-refractivity contribution in [2.24, 2.45) is 0 Å². The van der Waals surface area contributed by atoms with Gasteiger partial charge < -0.3 is 9.84 Å². The Labute approximate surface area is 111 Å². The second-order valence-electron chi connectivity index (χ2n) is 4.29. The number of carboxylic acid groups (broad SMARTS) is 1. The normalized spacial score (nSPS) is 20.5. The molecule has 0 saturated carbocycles. The summed E-state index contributed by atoms with van der Waals surface area (Å²) in [6.07, 6.45) is 0.161. The van der Waals surface area contributed by atoms with Gasteiger partial charge in [-0.2, -0.15) is 4.31 Å². The Morgan fingerprint density at radius 3 is 2.68 bits per heavy atom. The Morgan fingerprint density at radius 2 is 2.05 bits per heavy atom. The highest BCUT2D eigenvalue weighted by molar-refractivity contribution is 7.89. The molecule has 1 saturated heterocycles. The molecule has 1 N–H and O–H groups in total. The van der Waals surface area contributed by atoms with Crippen LogP contribution in [0.15, 0.2) is 35.2 Å². The second kappa shape index (κ2) is 5.68. The van der Waals surface area contributed by atoms with Crippen molar-refractivity contribution in [2.75, 3.05) is 19.7 Å². The molecule has 1 heterocycles. The van der Waals surface area contributed by atoms with E-state index in [1.807, 2.05) is 0 Å². The van der Waals surface area contributed by atoms with Crippen LogP contribution in [0.2, 0.25) is 0 Å². The van der Waals surface area contributed by atoms with E-state index in [1.54, 1.807) is 30.3 Å². The van der Waals surface area contributed by atoms with Crippen molar-refractivity contribution < 1.29 is 23.1 Å². The third-order valence-electron chi connectivity index (χ3n) is 2.93. The van der Waals surface area contributed by atoms with E-state index in [1.165, 1.54) is 4.31 Å². The fourth-order valence-corrected chi connectivity index (χ4v) is 3.49. The lowest BCUT2D eigenvalue weighted by molar-refractivity contribution is -0.144. The van der Waals surface area contributed by atoms with E-state index in [4.69, 9.17) is 9.84 Å². The van der Waals surface area contributed by atoms with Crippen molar-refractivity contribution in [3.63, 3.8) is 0 Å². The van der Waals surface area contributed by atoms with E-state index in [0.29, 0.717) is 13.0 Å². The highest BCUT2D eigenvalue weighted by Crippen LogP contribution is 2.22. The van der Waals surface area contributed by atoms with Crippen LogP contribution in [0.25, 0.3) is 0 Å². The van der Waals surface area contributed by atoms with Crippen LogP contribution >= 0.6 is 0 Å². The first-order chi connectivity index (χ1) is 9.00. The summed E-state index contributed by atoms with van der Waals surface area (Å²) < 4.78 is 31.0. The fourth-order valence-electron chi connectivity index (χ4n) is 1.98. The van der Waals surface area contributed by atoms with E-state index >= 15 is 0 Å². The van der Waals surface area contributed by atoms with Gasteiger partial charge in [0.15, 0.2) is 0 Å². The van der Waals surface area contributed by atoms with Crippen LogP contribution in [0.5, 0.6) is 0 Å². The van der Waals surface area contributed by atoms with Crippen LogP contribution in [0.1, 0.15) is 6.42 Å². The van der Waals surface area contributed by atoms with E-state index in [9.17, 15) is 13.2 Å². The lowest BCUT2D eigenvalue weighted by Gasteiger charge is -2.16. The fraction of sp³-hybridized carbons (Fsp3) is 0.417. The van der Waals surface area contributed by atoms with Crippen LogP contribution in [-0.4, -0.2) is 49.6 Å².